The molecule has 22 nitrogen and oxygen atoms in total. The normalized spacial score (nSPS) is 35.9. The topological polar surface area (TPSA) is 291 Å². The van der Waals surface area contributed by atoms with Gasteiger partial charge in [-0.15, -0.1) is 0 Å². The van der Waals surface area contributed by atoms with Crippen molar-refractivity contribution in [2.75, 3.05) is 19.6 Å². The lowest BCUT2D eigenvalue weighted by atomic mass is 9.78. The molecule has 0 spiro atoms. The number of amides is 6. The molecule has 13 unspecified atom stereocenters. The first-order valence-corrected chi connectivity index (χ1v) is 24.1. The Labute approximate surface area is 392 Å². The Morgan fingerprint density at radius 2 is 1.42 bits per heavy atom. The quantitative estimate of drug-likeness (QED) is 0.114. The van der Waals surface area contributed by atoms with Crippen molar-refractivity contribution in [3.8, 4) is 0 Å². The Balaban J connectivity index is 1.62. The van der Waals surface area contributed by atoms with Crippen LogP contribution >= 0.6 is 0 Å². The molecule has 6 amide bonds. The Bertz CT molecular complexity index is 1850. The summed E-state index contributed by atoms with van der Waals surface area (Å²) in [6.07, 6.45) is 0.791. The van der Waals surface area contributed by atoms with E-state index in [1.54, 1.807) is 13.8 Å². The maximum absolute atomic E-state index is 15.1. The minimum atomic E-state index is -2.74. The summed E-state index contributed by atoms with van der Waals surface area (Å²) < 4.78 is 12.2. The first kappa shape index (κ1) is 53.9. The van der Waals surface area contributed by atoms with E-state index < -0.39 is 119 Å². The van der Waals surface area contributed by atoms with Gasteiger partial charge in [-0.2, -0.15) is 0 Å². The number of aliphatic hydroxyl groups is 3. The van der Waals surface area contributed by atoms with Crippen LogP contribution in [-0.2, 0) is 43.0 Å². The van der Waals surface area contributed by atoms with Gasteiger partial charge in [0.15, 0.2) is 11.6 Å². The second-order valence-electron chi connectivity index (χ2n) is 20.4. The first-order chi connectivity index (χ1) is 31.3. The average molecular weight is 953 g/mol. The van der Waals surface area contributed by atoms with E-state index in [1.165, 1.54) is 27.7 Å². The minimum absolute atomic E-state index is 0.0213. The molecule has 0 aromatic heterocycles. The third-order valence-corrected chi connectivity index (χ3v) is 14.7. The van der Waals surface area contributed by atoms with Gasteiger partial charge in [0.2, 0.25) is 11.7 Å². The highest BCUT2D eigenvalue weighted by molar-refractivity contribution is 5.98. The van der Waals surface area contributed by atoms with Crippen LogP contribution in [0.2, 0.25) is 0 Å². The van der Waals surface area contributed by atoms with Crippen molar-refractivity contribution >= 4 is 41.4 Å². The van der Waals surface area contributed by atoms with Gasteiger partial charge in [0.1, 0.15) is 36.3 Å². The summed E-state index contributed by atoms with van der Waals surface area (Å²) in [5, 5.41) is 63.5. The molecule has 0 aliphatic carbocycles. The lowest BCUT2D eigenvalue weighted by Gasteiger charge is -2.48. The Morgan fingerprint density at radius 3 is 1.97 bits per heavy atom. The molecule has 13 atom stereocenters. The van der Waals surface area contributed by atoms with Crippen molar-refractivity contribution in [1.29, 1.82) is 0 Å². The molecule has 0 bridgehead atoms. The number of nitrogens with one attached hydrogen (secondary N) is 3. The highest BCUT2D eigenvalue weighted by Crippen LogP contribution is 2.42. The monoisotopic (exact) mass is 953 g/mol. The minimum Gasteiger partial charge on any atom is -0.458 e. The van der Waals surface area contributed by atoms with E-state index in [4.69, 9.17) is 9.47 Å². The van der Waals surface area contributed by atoms with Crippen LogP contribution in [0.5, 0.6) is 0 Å². The predicted molar refractivity (Wildman–Crippen MR) is 236 cm³/mol. The van der Waals surface area contributed by atoms with Gasteiger partial charge in [0.25, 0.3) is 29.5 Å². The number of fused-ring (bicyclic) bond motifs is 3. The number of hydroxylamine groups is 4. The van der Waals surface area contributed by atoms with Gasteiger partial charge in [-0.3, -0.25) is 49.2 Å². The number of hydrogen-bond acceptors (Lipinski definition) is 16. The third kappa shape index (κ3) is 10.8. The maximum Gasteiger partial charge on any atom is 0.332 e. The molecule has 0 aromatic carbocycles. The number of rotatable bonds is 9. The van der Waals surface area contributed by atoms with Crippen molar-refractivity contribution in [2.45, 2.75) is 199 Å². The standard InChI is InChI=1S/C45H76N8O14/c1-11-26(7)23-28-17-18-45(63,67-31(28)12-2)44(10,62)42(60)48-32-34(25(5)6)66-41(59)33(24(3)4)53(65)40(58)35-43(9,61)19-22-49(35)37(55)29-15-13-20-46-50(29)36(54)27(8)52(64)38(56)30-16-14-21-47-51(30)39(32)57/h24-35,46-47,61-65H,11-23H2,1-10H3,(H,48,60). The maximum atomic E-state index is 15.1. The number of carbonyl (C=O) groups is 7. The molecule has 0 radical (unpaired) electrons. The van der Waals surface area contributed by atoms with Gasteiger partial charge in [0, 0.05) is 26.1 Å². The molecule has 5 aliphatic heterocycles. The third-order valence-electron chi connectivity index (χ3n) is 14.7. The SMILES string of the molecule is CCC(C)CC1CCC(O)(C(C)(O)C(=O)NC2C(=O)N3NCCCC3C(=O)N(O)C(C)C(=O)N3NCCCC3C(=O)N3CCC(C)(O)C3C(=O)N(O)C(C(C)C)C(=O)OC2C(C)C)OC1CC. The molecule has 0 aromatic rings. The Morgan fingerprint density at radius 1 is 0.836 bits per heavy atom. The van der Waals surface area contributed by atoms with Crippen LogP contribution in [0.25, 0.3) is 0 Å². The van der Waals surface area contributed by atoms with E-state index in [0.29, 0.717) is 31.6 Å². The number of cyclic esters (lactones) is 1. The molecular weight excluding hydrogens is 877 g/mol. The van der Waals surface area contributed by atoms with Crippen molar-refractivity contribution in [3.63, 3.8) is 0 Å². The van der Waals surface area contributed by atoms with Crippen LogP contribution in [0.15, 0.2) is 0 Å². The van der Waals surface area contributed by atoms with E-state index in [2.05, 4.69) is 30.0 Å². The van der Waals surface area contributed by atoms with Gasteiger partial charge in [-0.25, -0.2) is 25.8 Å². The summed E-state index contributed by atoms with van der Waals surface area (Å²) in [6, 6.07) is -10.0. The summed E-state index contributed by atoms with van der Waals surface area (Å²) in [5.41, 5.74) is 1.02. The molecule has 8 N–H and O–H groups in total. The second kappa shape index (κ2) is 21.3. The zero-order chi connectivity index (χ0) is 50.1. The zero-order valence-corrected chi connectivity index (χ0v) is 40.8. The second-order valence-corrected chi connectivity index (χ2v) is 20.4. The summed E-state index contributed by atoms with van der Waals surface area (Å²) >= 11 is 0. The van der Waals surface area contributed by atoms with Crippen molar-refractivity contribution in [2.24, 2.45) is 23.7 Å². The van der Waals surface area contributed by atoms with Crippen LogP contribution in [0.3, 0.4) is 0 Å². The molecule has 5 fully saturated rings. The lowest BCUT2D eigenvalue weighted by Crippen LogP contribution is -2.70. The van der Waals surface area contributed by atoms with E-state index in [9.17, 15) is 54.5 Å². The summed E-state index contributed by atoms with van der Waals surface area (Å²) in [6.45, 7) is 15.8. The van der Waals surface area contributed by atoms with Gasteiger partial charge >= 0.3 is 5.97 Å². The van der Waals surface area contributed by atoms with Crippen LogP contribution in [-0.4, -0.2) is 177 Å². The van der Waals surface area contributed by atoms with Gasteiger partial charge in [0.05, 0.1) is 11.7 Å². The van der Waals surface area contributed by atoms with Crippen LogP contribution in [0.4, 0.5) is 0 Å². The van der Waals surface area contributed by atoms with Crippen LogP contribution < -0.4 is 16.2 Å². The van der Waals surface area contributed by atoms with Crippen molar-refractivity contribution in [1.82, 2.24) is 41.2 Å². The molecular formula is C45H76N8O14. The lowest BCUT2D eigenvalue weighted by molar-refractivity contribution is -0.329. The van der Waals surface area contributed by atoms with E-state index in [0.717, 1.165) is 34.7 Å². The van der Waals surface area contributed by atoms with Gasteiger partial charge in [-0.05, 0) is 95.8 Å². The van der Waals surface area contributed by atoms with E-state index >= 15 is 4.79 Å². The van der Waals surface area contributed by atoms with Gasteiger partial charge in [-0.1, -0.05) is 54.9 Å². The summed E-state index contributed by atoms with van der Waals surface area (Å²) in [4.78, 5) is 103. The Hall–Kier alpha value is -4.03. The van der Waals surface area contributed by atoms with E-state index in [-0.39, 0.29) is 61.4 Å². The fourth-order valence-corrected chi connectivity index (χ4v) is 10.1. The van der Waals surface area contributed by atoms with Crippen molar-refractivity contribution < 1.29 is 68.8 Å². The van der Waals surface area contributed by atoms with E-state index in [1.807, 2.05) is 6.92 Å². The molecule has 5 rings (SSSR count). The predicted octanol–water partition coefficient (Wildman–Crippen LogP) is 0.325. The average Bonchev–Trinajstić information content (AvgIpc) is 3.62. The first-order valence-electron chi connectivity index (χ1n) is 24.1. The fourth-order valence-electron chi connectivity index (χ4n) is 10.1. The number of esters is 1. The van der Waals surface area contributed by atoms with Gasteiger partial charge < -0.3 is 35.0 Å². The van der Waals surface area contributed by atoms with Crippen LogP contribution in [0.1, 0.15) is 133 Å². The molecule has 22 heteroatoms. The highest BCUT2D eigenvalue weighted by Gasteiger charge is 2.59. The summed E-state index contributed by atoms with van der Waals surface area (Å²) in [7, 11) is 0. The van der Waals surface area contributed by atoms with Crippen molar-refractivity contribution in [3.05, 3.63) is 0 Å². The molecule has 5 saturated heterocycles. The fraction of sp³-hybridized carbons (Fsp3) is 0.844. The summed E-state index contributed by atoms with van der Waals surface area (Å²) in [5.74, 6) is -11.6. The zero-order valence-electron chi connectivity index (χ0n) is 40.8. The molecule has 0 saturated carbocycles. The highest BCUT2D eigenvalue weighted by atomic mass is 16.6. The largest absolute Gasteiger partial charge is 0.458 e. The number of hydrogen-bond donors (Lipinski definition) is 8. The molecule has 5 heterocycles. The number of carbonyl (C=O) groups excluding carboxylic acids is 7. The Kier molecular flexibility index (Phi) is 17.1. The van der Waals surface area contributed by atoms with Crippen LogP contribution in [0, 0.1) is 23.7 Å². The molecule has 5 aliphatic rings. The number of hydrazine groups is 2. The smallest absolute Gasteiger partial charge is 0.332 e. The molecule has 380 valence electrons. The molecule has 67 heavy (non-hydrogen) atoms. The number of ether oxygens (including phenoxy) is 2. The number of nitrogens with zero attached hydrogens (tertiary/aromatic N) is 5.